The average Bonchev–Trinajstić information content (AvgIpc) is 3.29. The van der Waals surface area contributed by atoms with Gasteiger partial charge in [0.15, 0.2) is 0 Å². The van der Waals surface area contributed by atoms with Crippen LogP contribution in [0.3, 0.4) is 0 Å². The van der Waals surface area contributed by atoms with Gasteiger partial charge in [-0.1, -0.05) is 92.2 Å². The fraction of sp³-hybridized carbons (Fsp3) is 0.704. The molecule has 304 valence electrons. The third-order valence-corrected chi connectivity index (χ3v) is 16.9. The van der Waals surface area contributed by atoms with E-state index in [9.17, 15) is 0 Å². The van der Waals surface area contributed by atoms with Crippen molar-refractivity contribution in [3.63, 3.8) is 0 Å². The molecule has 0 aromatic carbocycles. The highest BCUT2D eigenvalue weighted by Crippen LogP contribution is 2.45. The first kappa shape index (κ1) is 39.2. The van der Waals surface area contributed by atoms with Gasteiger partial charge in [0.25, 0.3) is 0 Å². The van der Waals surface area contributed by atoms with Crippen molar-refractivity contribution in [2.45, 2.75) is 204 Å². The highest BCUT2D eigenvalue weighted by atomic mass is 15.2. The summed E-state index contributed by atoms with van der Waals surface area (Å²) in [5, 5.41) is 0. The maximum atomic E-state index is 3.06. The van der Waals surface area contributed by atoms with Gasteiger partial charge in [0.1, 0.15) is 0 Å². The molecule has 0 amide bonds. The van der Waals surface area contributed by atoms with Crippen LogP contribution in [0.15, 0.2) is 95.8 Å². The minimum Gasteiger partial charge on any atom is -0.362 e. The molecule has 3 saturated carbocycles. The first-order valence-electron chi connectivity index (χ1n) is 24.8. The summed E-state index contributed by atoms with van der Waals surface area (Å²) in [5.41, 5.74) is 4.90. The van der Waals surface area contributed by atoms with Crippen LogP contribution in [0.2, 0.25) is 0 Å². The molecule has 0 heterocycles. The molecule has 0 aromatic heterocycles. The molecule has 3 fully saturated rings. The SMILES string of the molecule is C1=CCCC(C2=CC(N(C3C=CCCC3)C3CCC(C4C=CC(C5CCC(N(C6=CC(C7CCCCC7)CC=C6)C6C=CCCC6)CC5)CC4)CC3)CCC2)=C1. The highest BCUT2D eigenvalue weighted by Gasteiger charge is 2.39. The van der Waals surface area contributed by atoms with Crippen molar-refractivity contribution in [1.82, 2.24) is 9.80 Å². The van der Waals surface area contributed by atoms with Gasteiger partial charge in [-0.05, 0) is 207 Å². The highest BCUT2D eigenvalue weighted by molar-refractivity contribution is 5.38. The number of allylic oxidation sites excluding steroid dienone is 12. The van der Waals surface area contributed by atoms with Gasteiger partial charge in [-0.15, -0.1) is 0 Å². The second-order valence-corrected chi connectivity index (χ2v) is 20.2. The average molecular weight is 755 g/mol. The van der Waals surface area contributed by atoms with Crippen LogP contribution in [0, 0.1) is 35.5 Å². The van der Waals surface area contributed by atoms with Gasteiger partial charge in [-0.3, -0.25) is 4.90 Å². The Morgan fingerprint density at radius 2 is 1.09 bits per heavy atom. The van der Waals surface area contributed by atoms with E-state index in [4.69, 9.17) is 0 Å². The zero-order chi connectivity index (χ0) is 37.5. The molecule has 0 saturated heterocycles. The lowest BCUT2D eigenvalue weighted by Gasteiger charge is -2.47. The maximum absolute atomic E-state index is 3.06. The second kappa shape index (κ2) is 19.2. The molecule has 6 unspecified atom stereocenters. The topological polar surface area (TPSA) is 6.48 Å². The van der Waals surface area contributed by atoms with Crippen LogP contribution in [0.4, 0.5) is 0 Å². The minimum absolute atomic E-state index is 0.608. The lowest BCUT2D eigenvalue weighted by Crippen LogP contribution is -2.50. The molecule has 56 heavy (non-hydrogen) atoms. The van der Waals surface area contributed by atoms with E-state index in [1.54, 1.807) is 16.8 Å². The summed E-state index contributed by atoms with van der Waals surface area (Å²) in [5.74, 6) is 5.16. The normalized spacial score (nSPS) is 38.3. The Kier molecular flexibility index (Phi) is 13.4. The molecule has 0 spiro atoms. The smallest absolute Gasteiger partial charge is 0.0476 e. The van der Waals surface area contributed by atoms with E-state index in [1.807, 2.05) is 0 Å². The summed E-state index contributed by atoms with van der Waals surface area (Å²) < 4.78 is 0. The van der Waals surface area contributed by atoms with Gasteiger partial charge in [-0.2, -0.15) is 0 Å². The Morgan fingerprint density at radius 1 is 0.429 bits per heavy atom. The zero-order valence-corrected chi connectivity index (χ0v) is 35.3. The largest absolute Gasteiger partial charge is 0.362 e. The fourth-order valence-corrected chi connectivity index (χ4v) is 13.8. The summed E-state index contributed by atoms with van der Waals surface area (Å²) in [6.07, 6.45) is 70.7. The molecule has 0 N–H and O–H groups in total. The van der Waals surface area contributed by atoms with E-state index in [0.29, 0.717) is 18.1 Å². The standard InChI is InChI=1S/C54H78N2/c1-5-15-41(16-6-1)47-19-13-25-53(39-47)55(49-21-9-3-10-22-49)51-35-31-45(32-36-51)43-27-29-44(30-28-43)46-33-37-52(38-34-46)56(50-23-11-4-12-24-50)54-26-14-20-48(40-54)42-17-7-2-8-18-42/h1,5,9,11,14-15,21,23,26-27,29,39-40,42-46,48-53H,2-4,6-8,10,12-13,16-20,22,24-25,28,30-38H2. The first-order chi connectivity index (χ1) is 27.8. The van der Waals surface area contributed by atoms with Gasteiger partial charge in [-0.25, -0.2) is 0 Å². The van der Waals surface area contributed by atoms with Crippen LogP contribution in [-0.4, -0.2) is 40.0 Å². The number of hydrogen-bond donors (Lipinski definition) is 0. The van der Waals surface area contributed by atoms with Crippen LogP contribution in [-0.2, 0) is 0 Å². The van der Waals surface area contributed by atoms with E-state index < -0.39 is 0 Å². The van der Waals surface area contributed by atoms with Gasteiger partial charge < -0.3 is 4.90 Å². The Bertz CT molecular complexity index is 1530. The first-order valence-corrected chi connectivity index (χ1v) is 24.8. The van der Waals surface area contributed by atoms with Crippen molar-refractivity contribution in [2.24, 2.45) is 35.5 Å². The summed E-state index contributed by atoms with van der Waals surface area (Å²) in [6, 6.07) is 3.37. The Balaban J connectivity index is 0.800. The van der Waals surface area contributed by atoms with E-state index in [1.165, 1.54) is 173 Å². The van der Waals surface area contributed by atoms with Crippen molar-refractivity contribution < 1.29 is 0 Å². The summed E-state index contributed by atoms with van der Waals surface area (Å²) in [7, 11) is 0. The molecule has 9 rings (SSSR count). The fourth-order valence-electron chi connectivity index (χ4n) is 13.8. The summed E-state index contributed by atoms with van der Waals surface area (Å²) in [4.78, 5) is 6.02. The predicted octanol–water partition coefficient (Wildman–Crippen LogP) is 14.3. The molecular formula is C54H78N2. The van der Waals surface area contributed by atoms with Gasteiger partial charge in [0, 0.05) is 35.9 Å². The quantitative estimate of drug-likeness (QED) is 0.205. The molecular weight excluding hydrogens is 677 g/mol. The third kappa shape index (κ3) is 9.27. The monoisotopic (exact) mass is 755 g/mol. The van der Waals surface area contributed by atoms with Crippen LogP contribution < -0.4 is 0 Å². The van der Waals surface area contributed by atoms with Crippen molar-refractivity contribution in [3.05, 3.63) is 95.8 Å². The lowest BCUT2D eigenvalue weighted by atomic mass is 9.69. The summed E-state index contributed by atoms with van der Waals surface area (Å²) in [6.45, 7) is 0. The van der Waals surface area contributed by atoms with Crippen LogP contribution in [0.5, 0.6) is 0 Å². The molecule has 2 heteroatoms. The van der Waals surface area contributed by atoms with Crippen molar-refractivity contribution in [3.8, 4) is 0 Å². The molecule has 9 aliphatic carbocycles. The molecule has 9 aliphatic rings. The van der Waals surface area contributed by atoms with Gasteiger partial charge in [0.2, 0.25) is 0 Å². The lowest BCUT2D eigenvalue weighted by molar-refractivity contribution is 0.0622. The number of nitrogens with zero attached hydrogens (tertiary/aromatic N) is 2. The van der Waals surface area contributed by atoms with E-state index in [0.717, 1.165) is 47.6 Å². The van der Waals surface area contributed by atoms with E-state index in [2.05, 4.69) is 88.8 Å². The van der Waals surface area contributed by atoms with Crippen molar-refractivity contribution >= 4 is 0 Å². The minimum atomic E-state index is 0.608. The molecule has 0 aromatic rings. The Labute approximate surface area is 343 Å². The molecule has 0 bridgehead atoms. The van der Waals surface area contributed by atoms with Gasteiger partial charge in [0.05, 0.1) is 0 Å². The Hall–Kier alpha value is -2.32. The van der Waals surface area contributed by atoms with E-state index >= 15 is 0 Å². The van der Waals surface area contributed by atoms with Crippen molar-refractivity contribution in [2.75, 3.05) is 0 Å². The van der Waals surface area contributed by atoms with Crippen LogP contribution >= 0.6 is 0 Å². The second-order valence-electron chi connectivity index (χ2n) is 20.2. The molecule has 6 atom stereocenters. The molecule has 0 radical (unpaired) electrons. The van der Waals surface area contributed by atoms with Gasteiger partial charge >= 0.3 is 0 Å². The van der Waals surface area contributed by atoms with E-state index in [-0.39, 0.29) is 0 Å². The number of hydrogen-bond acceptors (Lipinski definition) is 2. The number of rotatable bonds is 10. The molecule has 0 aliphatic heterocycles. The third-order valence-electron chi connectivity index (χ3n) is 16.9. The predicted molar refractivity (Wildman–Crippen MR) is 238 cm³/mol. The van der Waals surface area contributed by atoms with Crippen LogP contribution in [0.1, 0.15) is 173 Å². The van der Waals surface area contributed by atoms with Crippen LogP contribution in [0.25, 0.3) is 0 Å². The Morgan fingerprint density at radius 3 is 1.73 bits per heavy atom. The zero-order valence-electron chi connectivity index (χ0n) is 35.3. The van der Waals surface area contributed by atoms with Crippen molar-refractivity contribution in [1.29, 1.82) is 0 Å². The summed E-state index contributed by atoms with van der Waals surface area (Å²) >= 11 is 0. The maximum Gasteiger partial charge on any atom is 0.0476 e. The molecule has 2 nitrogen and oxygen atoms in total.